The smallest absolute Gasteiger partial charge is 0.243 e. The molecule has 1 amide bonds. The average Bonchev–Trinajstić information content (AvgIpc) is 2.55. The molecule has 0 aliphatic carbocycles. The molecule has 0 aromatic heterocycles. The summed E-state index contributed by atoms with van der Waals surface area (Å²) < 4.78 is 5.50. The summed E-state index contributed by atoms with van der Waals surface area (Å²) in [5.41, 5.74) is 2.89. The van der Waals surface area contributed by atoms with Crippen LogP contribution in [0.4, 0.5) is 11.4 Å². The molecule has 2 aromatic carbocycles. The third-order valence-corrected chi connectivity index (χ3v) is 3.30. The number of carbonyl (C=O) groups is 1. The van der Waals surface area contributed by atoms with Crippen LogP contribution in [0, 0.1) is 0 Å². The third-order valence-electron chi connectivity index (χ3n) is 3.30. The molecule has 0 aliphatic heterocycles. The van der Waals surface area contributed by atoms with Gasteiger partial charge in [0.25, 0.3) is 0 Å². The first-order chi connectivity index (χ1) is 10.7. The summed E-state index contributed by atoms with van der Waals surface area (Å²) >= 11 is 0. The van der Waals surface area contributed by atoms with Crippen LogP contribution < -0.4 is 15.4 Å². The molecule has 2 N–H and O–H groups in total. The Morgan fingerprint density at radius 1 is 1.00 bits per heavy atom. The predicted molar refractivity (Wildman–Crippen MR) is 90.6 cm³/mol. The molecule has 0 radical (unpaired) electrons. The summed E-state index contributed by atoms with van der Waals surface area (Å²) in [5.74, 6) is 0.588. The van der Waals surface area contributed by atoms with E-state index in [-0.39, 0.29) is 12.5 Å². The van der Waals surface area contributed by atoms with E-state index in [2.05, 4.69) is 23.6 Å². The number of hydrogen-bond acceptors (Lipinski definition) is 3. The van der Waals surface area contributed by atoms with E-state index >= 15 is 0 Å². The van der Waals surface area contributed by atoms with Crippen LogP contribution in [0.5, 0.6) is 5.75 Å². The van der Waals surface area contributed by atoms with Crippen molar-refractivity contribution in [2.24, 2.45) is 0 Å². The molecule has 0 saturated heterocycles. The van der Waals surface area contributed by atoms with Crippen molar-refractivity contribution in [2.75, 3.05) is 23.8 Å². The van der Waals surface area contributed by atoms with E-state index in [0.717, 1.165) is 12.1 Å². The van der Waals surface area contributed by atoms with Gasteiger partial charge in [0, 0.05) is 5.69 Å². The van der Waals surface area contributed by atoms with Crippen molar-refractivity contribution in [1.29, 1.82) is 0 Å². The minimum Gasteiger partial charge on any atom is -0.492 e. The SMILES string of the molecule is CCOc1ccccc1NC(=O)CNc1ccccc1CC. The molecule has 22 heavy (non-hydrogen) atoms. The van der Waals surface area contributed by atoms with Crippen LogP contribution in [-0.4, -0.2) is 19.1 Å². The molecule has 2 aromatic rings. The topological polar surface area (TPSA) is 50.4 Å². The Morgan fingerprint density at radius 2 is 1.68 bits per heavy atom. The van der Waals surface area contributed by atoms with Crippen molar-refractivity contribution >= 4 is 17.3 Å². The summed E-state index contributed by atoms with van der Waals surface area (Å²) in [4.78, 5) is 12.1. The van der Waals surface area contributed by atoms with Crippen LogP contribution in [0.3, 0.4) is 0 Å². The first-order valence-electron chi connectivity index (χ1n) is 7.58. The molecule has 0 aliphatic rings. The predicted octanol–water partition coefficient (Wildman–Crippen LogP) is 3.70. The summed E-state index contributed by atoms with van der Waals surface area (Å²) in [6, 6.07) is 15.5. The van der Waals surface area contributed by atoms with Crippen molar-refractivity contribution < 1.29 is 9.53 Å². The Morgan fingerprint density at radius 3 is 2.41 bits per heavy atom. The molecular formula is C18H22N2O2. The Hall–Kier alpha value is -2.49. The number of nitrogens with one attached hydrogen (secondary N) is 2. The fraction of sp³-hybridized carbons (Fsp3) is 0.278. The number of carbonyl (C=O) groups excluding carboxylic acids is 1. The van der Waals surface area contributed by atoms with E-state index in [1.807, 2.05) is 49.4 Å². The van der Waals surface area contributed by atoms with Gasteiger partial charge in [0.1, 0.15) is 5.75 Å². The van der Waals surface area contributed by atoms with E-state index < -0.39 is 0 Å². The van der Waals surface area contributed by atoms with Crippen molar-refractivity contribution in [3.63, 3.8) is 0 Å². The van der Waals surface area contributed by atoms with Gasteiger partial charge in [0.15, 0.2) is 0 Å². The summed E-state index contributed by atoms with van der Waals surface area (Å²) in [7, 11) is 0. The van der Waals surface area contributed by atoms with Crippen LogP contribution in [0.25, 0.3) is 0 Å². The lowest BCUT2D eigenvalue weighted by Gasteiger charge is -2.13. The Balaban J connectivity index is 1.96. The van der Waals surface area contributed by atoms with E-state index in [0.29, 0.717) is 18.0 Å². The van der Waals surface area contributed by atoms with Crippen LogP contribution >= 0.6 is 0 Å². The van der Waals surface area contributed by atoms with Gasteiger partial charge in [-0.25, -0.2) is 0 Å². The van der Waals surface area contributed by atoms with Gasteiger partial charge in [-0.1, -0.05) is 37.3 Å². The van der Waals surface area contributed by atoms with Crippen molar-refractivity contribution in [3.8, 4) is 5.75 Å². The zero-order chi connectivity index (χ0) is 15.8. The van der Waals surface area contributed by atoms with Gasteiger partial charge >= 0.3 is 0 Å². The zero-order valence-corrected chi connectivity index (χ0v) is 13.1. The van der Waals surface area contributed by atoms with Crippen molar-refractivity contribution in [2.45, 2.75) is 20.3 Å². The van der Waals surface area contributed by atoms with Gasteiger partial charge in [0.2, 0.25) is 5.91 Å². The van der Waals surface area contributed by atoms with E-state index in [4.69, 9.17) is 4.74 Å². The molecular weight excluding hydrogens is 276 g/mol. The van der Waals surface area contributed by atoms with Crippen LogP contribution in [0.1, 0.15) is 19.4 Å². The highest BCUT2D eigenvalue weighted by Crippen LogP contribution is 2.23. The van der Waals surface area contributed by atoms with Gasteiger partial charge < -0.3 is 15.4 Å². The highest BCUT2D eigenvalue weighted by atomic mass is 16.5. The summed E-state index contributed by atoms with van der Waals surface area (Å²) in [5, 5.41) is 6.06. The molecule has 0 spiro atoms. The van der Waals surface area contributed by atoms with Crippen molar-refractivity contribution in [3.05, 3.63) is 54.1 Å². The second-order valence-corrected chi connectivity index (χ2v) is 4.84. The van der Waals surface area contributed by atoms with Crippen LogP contribution in [0.15, 0.2) is 48.5 Å². The van der Waals surface area contributed by atoms with Gasteiger partial charge in [-0.15, -0.1) is 0 Å². The number of ether oxygens (including phenoxy) is 1. The number of amides is 1. The molecule has 116 valence electrons. The molecule has 4 nitrogen and oxygen atoms in total. The summed E-state index contributed by atoms with van der Waals surface area (Å²) in [6.07, 6.45) is 0.929. The first kappa shape index (κ1) is 15.9. The number of anilines is 2. The maximum Gasteiger partial charge on any atom is 0.243 e. The molecule has 0 saturated carbocycles. The quantitative estimate of drug-likeness (QED) is 0.819. The van der Waals surface area contributed by atoms with E-state index in [9.17, 15) is 4.79 Å². The van der Waals surface area contributed by atoms with Gasteiger partial charge in [-0.3, -0.25) is 4.79 Å². The lowest BCUT2D eigenvalue weighted by Crippen LogP contribution is -2.22. The minimum atomic E-state index is -0.0990. The van der Waals surface area contributed by atoms with Crippen LogP contribution in [0.2, 0.25) is 0 Å². The Kier molecular flexibility index (Phi) is 5.83. The molecule has 0 bridgehead atoms. The van der Waals surface area contributed by atoms with E-state index in [1.54, 1.807) is 0 Å². The lowest BCUT2D eigenvalue weighted by molar-refractivity contribution is -0.114. The second-order valence-electron chi connectivity index (χ2n) is 4.84. The second kappa shape index (κ2) is 8.08. The third kappa shape index (κ3) is 4.25. The fourth-order valence-electron chi connectivity index (χ4n) is 2.22. The summed E-state index contributed by atoms with van der Waals surface area (Å²) in [6.45, 7) is 4.80. The number of rotatable bonds is 7. The number of aryl methyl sites for hydroxylation is 1. The molecule has 4 heteroatoms. The largest absolute Gasteiger partial charge is 0.492 e. The zero-order valence-electron chi connectivity index (χ0n) is 13.1. The maximum atomic E-state index is 12.1. The molecule has 0 atom stereocenters. The fourth-order valence-corrected chi connectivity index (χ4v) is 2.22. The van der Waals surface area contributed by atoms with Crippen LogP contribution in [-0.2, 0) is 11.2 Å². The highest BCUT2D eigenvalue weighted by Gasteiger charge is 2.08. The van der Waals surface area contributed by atoms with Gasteiger partial charge in [0.05, 0.1) is 18.8 Å². The molecule has 2 rings (SSSR count). The molecule has 0 unspecified atom stereocenters. The number of para-hydroxylation sites is 3. The number of hydrogen-bond donors (Lipinski definition) is 2. The van der Waals surface area contributed by atoms with Gasteiger partial charge in [-0.05, 0) is 37.1 Å². The normalized spacial score (nSPS) is 10.1. The average molecular weight is 298 g/mol. The highest BCUT2D eigenvalue weighted by molar-refractivity contribution is 5.95. The van der Waals surface area contributed by atoms with Crippen molar-refractivity contribution in [1.82, 2.24) is 0 Å². The van der Waals surface area contributed by atoms with Gasteiger partial charge in [-0.2, -0.15) is 0 Å². The Bertz CT molecular complexity index is 626. The maximum absolute atomic E-state index is 12.1. The lowest BCUT2D eigenvalue weighted by atomic mass is 10.1. The molecule has 0 heterocycles. The monoisotopic (exact) mass is 298 g/mol. The first-order valence-corrected chi connectivity index (χ1v) is 7.58. The van der Waals surface area contributed by atoms with E-state index in [1.165, 1.54) is 5.56 Å². The number of benzene rings is 2. The minimum absolute atomic E-state index is 0.0990. The molecule has 0 fully saturated rings. The standard InChI is InChI=1S/C18H22N2O2/c1-3-14-9-5-6-10-15(14)19-13-18(21)20-16-11-7-8-12-17(16)22-4-2/h5-12,19H,3-4,13H2,1-2H3,(H,20,21). The Labute approximate surface area is 131 Å².